The van der Waals surface area contributed by atoms with Crippen molar-refractivity contribution in [2.75, 3.05) is 6.54 Å². The van der Waals surface area contributed by atoms with E-state index in [9.17, 15) is 9.90 Å². The standard InChI is InChI=1S/C17H19NO4/c18-11-17(7-8-17)16(20)15-14(13(19)6-9-21-15)22-10-12-4-2-1-3-5-12/h1-6,9,16,20H,7-8,10-11,18H2. The van der Waals surface area contributed by atoms with Gasteiger partial charge in [0, 0.05) is 18.0 Å². The molecule has 2 aromatic rings. The normalized spacial score (nSPS) is 17.0. The minimum absolute atomic E-state index is 0.0681. The Morgan fingerprint density at radius 2 is 2.00 bits per heavy atom. The van der Waals surface area contributed by atoms with Gasteiger partial charge < -0.3 is 20.0 Å². The van der Waals surface area contributed by atoms with Crippen LogP contribution in [0.1, 0.15) is 30.3 Å². The average molecular weight is 301 g/mol. The molecule has 1 aromatic heterocycles. The Bertz CT molecular complexity index is 691. The van der Waals surface area contributed by atoms with Gasteiger partial charge in [-0.2, -0.15) is 0 Å². The molecule has 1 aliphatic rings. The number of rotatable bonds is 6. The van der Waals surface area contributed by atoms with Crippen molar-refractivity contribution in [3.05, 3.63) is 64.2 Å². The summed E-state index contributed by atoms with van der Waals surface area (Å²) >= 11 is 0. The molecular weight excluding hydrogens is 282 g/mol. The van der Waals surface area contributed by atoms with Crippen molar-refractivity contribution in [1.29, 1.82) is 0 Å². The Hall–Kier alpha value is -2.11. The molecule has 0 bridgehead atoms. The smallest absolute Gasteiger partial charge is 0.227 e. The first-order valence-corrected chi connectivity index (χ1v) is 7.33. The van der Waals surface area contributed by atoms with Crippen LogP contribution in [0.3, 0.4) is 0 Å². The SMILES string of the molecule is NCC1(C(O)c2occc(=O)c2OCc2ccccc2)CC1. The van der Waals surface area contributed by atoms with Crippen LogP contribution >= 0.6 is 0 Å². The van der Waals surface area contributed by atoms with Gasteiger partial charge in [-0.15, -0.1) is 0 Å². The second kappa shape index (κ2) is 5.94. The van der Waals surface area contributed by atoms with Crippen molar-refractivity contribution < 1.29 is 14.3 Å². The third-order valence-electron chi connectivity index (χ3n) is 4.22. The summed E-state index contributed by atoms with van der Waals surface area (Å²) < 4.78 is 11.0. The number of hydrogen-bond donors (Lipinski definition) is 2. The summed E-state index contributed by atoms with van der Waals surface area (Å²) in [5.74, 6) is 0.241. The predicted octanol–water partition coefficient (Wildman–Crippen LogP) is 1.99. The molecule has 1 unspecified atom stereocenters. The Labute approximate surface area is 128 Å². The molecule has 22 heavy (non-hydrogen) atoms. The molecule has 0 aliphatic heterocycles. The monoisotopic (exact) mass is 301 g/mol. The number of benzene rings is 1. The van der Waals surface area contributed by atoms with Crippen LogP contribution in [-0.2, 0) is 6.61 Å². The maximum Gasteiger partial charge on any atom is 0.227 e. The summed E-state index contributed by atoms with van der Waals surface area (Å²) in [5, 5.41) is 10.5. The molecule has 0 spiro atoms. The fourth-order valence-electron chi connectivity index (χ4n) is 2.51. The number of aliphatic hydroxyl groups excluding tert-OH is 1. The molecule has 1 fully saturated rings. The minimum Gasteiger partial charge on any atom is -0.482 e. The van der Waals surface area contributed by atoms with E-state index >= 15 is 0 Å². The van der Waals surface area contributed by atoms with Crippen molar-refractivity contribution in [1.82, 2.24) is 0 Å². The summed E-state index contributed by atoms with van der Waals surface area (Å²) in [5.41, 5.74) is 5.99. The van der Waals surface area contributed by atoms with E-state index in [1.54, 1.807) is 0 Å². The lowest BCUT2D eigenvalue weighted by molar-refractivity contribution is 0.0680. The van der Waals surface area contributed by atoms with E-state index in [1.165, 1.54) is 12.3 Å². The van der Waals surface area contributed by atoms with Gasteiger partial charge in [0.05, 0.1) is 6.26 Å². The highest BCUT2D eigenvalue weighted by Crippen LogP contribution is 2.54. The lowest BCUT2D eigenvalue weighted by Gasteiger charge is -2.21. The van der Waals surface area contributed by atoms with Gasteiger partial charge >= 0.3 is 0 Å². The zero-order chi connectivity index (χ0) is 15.6. The molecule has 1 heterocycles. The lowest BCUT2D eigenvalue weighted by atomic mass is 9.96. The number of ether oxygens (including phenoxy) is 1. The van der Waals surface area contributed by atoms with Crippen LogP contribution < -0.4 is 15.9 Å². The number of nitrogens with two attached hydrogens (primary N) is 1. The molecule has 1 aliphatic carbocycles. The number of hydrogen-bond acceptors (Lipinski definition) is 5. The molecule has 5 nitrogen and oxygen atoms in total. The molecule has 0 amide bonds. The second-order valence-electron chi connectivity index (χ2n) is 5.72. The Kier molecular flexibility index (Phi) is 4.00. The average Bonchev–Trinajstić information content (AvgIpc) is 3.35. The van der Waals surface area contributed by atoms with Gasteiger partial charge in [-0.1, -0.05) is 30.3 Å². The molecule has 5 heteroatoms. The van der Waals surface area contributed by atoms with Gasteiger partial charge in [-0.05, 0) is 18.4 Å². The molecular formula is C17H19NO4. The fraction of sp³-hybridized carbons (Fsp3) is 0.353. The summed E-state index contributed by atoms with van der Waals surface area (Å²) in [4.78, 5) is 12.1. The van der Waals surface area contributed by atoms with E-state index in [2.05, 4.69) is 0 Å². The predicted molar refractivity (Wildman–Crippen MR) is 81.4 cm³/mol. The quantitative estimate of drug-likeness (QED) is 0.852. The Morgan fingerprint density at radius 3 is 2.64 bits per heavy atom. The summed E-state index contributed by atoms with van der Waals surface area (Å²) in [6, 6.07) is 10.8. The third kappa shape index (κ3) is 2.77. The van der Waals surface area contributed by atoms with Gasteiger partial charge in [0.25, 0.3) is 0 Å². The van der Waals surface area contributed by atoms with Gasteiger partial charge in [0.2, 0.25) is 11.2 Å². The topological polar surface area (TPSA) is 85.7 Å². The van der Waals surface area contributed by atoms with Gasteiger partial charge in [0.1, 0.15) is 12.7 Å². The second-order valence-corrected chi connectivity index (χ2v) is 5.72. The van der Waals surface area contributed by atoms with E-state index < -0.39 is 6.10 Å². The van der Waals surface area contributed by atoms with Crippen LogP contribution in [0.15, 0.2) is 51.9 Å². The van der Waals surface area contributed by atoms with Gasteiger partial charge in [0.15, 0.2) is 5.76 Å². The number of aliphatic hydroxyl groups is 1. The first-order chi connectivity index (χ1) is 10.7. The maximum absolute atomic E-state index is 12.1. The highest BCUT2D eigenvalue weighted by Gasteiger charge is 2.50. The zero-order valence-electron chi connectivity index (χ0n) is 12.2. The fourth-order valence-corrected chi connectivity index (χ4v) is 2.51. The van der Waals surface area contributed by atoms with E-state index in [0.717, 1.165) is 18.4 Å². The summed E-state index contributed by atoms with van der Waals surface area (Å²) in [6.45, 7) is 0.593. The van der Waals surface area contributed by atoms with Crippen LogP contribution in [0.25, 0.3) is 0 Å². The van der Waals surface area contributed by atoms with Gasteiger partial charge in [-0.3, -0.25) is 4.79 Å². The summed E-state index contributed by atoms with van der Waals surface area (Å²) in [7, 11) is 0. The van der Waals surface area contributed by atoms with E-state index in [0.29, 0.717) is 6.54 Å². The van der Waals surface area contributed by atoms with E-state index in [1.807, 2.05) is 30.3 Å². The third-order valence-corrected chi connectivity index (χ3v) is 4.22. The van der Waals surface area contributed by atoms with Crippen molar-refractivity contribution in [2.24, 2.45) is 11.1 Å². The molecule has 0 radical (unpaired) electrons. The molecule has 0 saturated heterocycles. The van der Waals surface area contributed by atoms with Crippen molar-refractivity contribution in [2.45, 2.75) is 25.6 Å². The first-order valence-electron chi connectivity index (χ1n) is 7.33. The molecule has 1 saturated carbocycles. The largest absolute Gasteiger partial charge is 0.482 e. The minimum atomic E-state index is -0.919. The molecule has 1 atom stereocenters. The Balaban J connectivity index is 1.85. The molecule has 3 N–H and O–H groups in total. The first kappa shape index (κ1) is 14.8. The van der Waals surface area contributed by atoms with Crippen LogP contribution in [-0.4, -0.2) is 11.7 Å². The lowest BCUT2D eigenvalue weighted by Crippen LogP contribution is -2.25. The van der Waals surface area contributed by atoms with Crippen molar-refractivity contribution in [3.8, 4) is 5.75 Å². The van der Waals surface area contributed by atoms with Crippen LogP contribution in [0, 0.1) is 5.41 Å². The van der Waals surface area contributed by atoms with Crippen molar-refractivity contribution >= 4 is 0 Å². The molecule has 3 rings (SSSR count). The van der Waals surface area contributed by atoms with E-state index in [4.69, 9.17) is 14.9 Å². The van der Waals surface area contributed by atoms with Crippen LogP contribution in [0.2, 0.25) is 0 Å². The summed E-state index contributed by atoms with van der Waals surface area (Å²) in [6.07, 6.45) is 2.00. The highest BCUT2D eigenvalue weighted by atomic mass is 16.5. The molecule has 116 valence electrons. The van der Waals surface area contributed by atoms with Crippen molar-refractivity contribution in [3.63, 3.8) is 0 Å². The van der Waals surface area contributed by atoms with Crippen LogP contribution in [0.5, 0.6) is 5.75 Å². The highest BCUT2D eigenvalue weighted by molar-refractivity contribution is 5.29. The van der Waals surface area contributed by atoms with E-state index in [-0.39, 0.29) is 29.0 Å². The zero-order valence-corrected chi connectivity index (χ0v) is 12.2. The Morgan fingerprint density at radius 1 is 1.27 bits per heavy atom. The maximum atomic E-state index is 12.1. The molecule has 1 aromatic carbocycles. The van der Waals surface area contributed by atoms with Crippen LogP contribution in [0.4, 0.5) is 0 Å². The van der Waals surface area contributed by atoms with Gasteiger partial charge in [-0.25, -0.2) is 0 Å².